The highest BCUT2D eigenvalue weighted by molar-refractivity contribution is 5.76. The summed E-state index contributed by atoms with van der Waals surface area (Å²) in [7, 11) is 0. The highest BCUT2D eigenvalue weighted by atomic mass is 16.1. The van der Waals surface area contributed by atoms with Crippen molar-refractivity contribution in [1.82, 2.24) is 5.32 Å². The van der Waals surface area contributed by atoms with Crippen molar-refractivity contribution in [2.75, 3.05) is 6.54 Å². The summed E-state index contributed by atoms with van der Waals surface area (Å²) in [5.41, 5.74) is 5.69. The molecule has 1 rings (SSSR count). The van der Waals surface area contributed by atoms with Gasteiger partial charge in [-0.3, -0.25) is 4.79 Å². The summed E-state index contributed by atoms with van der Waals surface area (Å²) in [6, 6.07) is 0.156. The molecule has 1 fully saturated rings. The number of hydrogen-bond acceptors (Lipinski definition) is 2. The van der Waals surface area contributed by atoms with Gasteiger partial charge in [-0.25, -0.2) is 0 Å². The van der Waals surface area contributed by atoms with Crippen molar-refractivity contribution in [2.45, 2.75) is 71.3 Å². The van der Waals surface area contributed by atoms with Crippen molar-refractivity contribution in [3.63, 3.8) is 0 Å². The molecule has 1 aliphatic carbocycles. The van der Waals surface area contributed by atoms with Crippen LogP contribution in [-0.4, -0.2) is 18.5 Å². The van der Waals surface area contributed by atoms with Crippen molar-refractivity contribution in [1.29, 1.82) is 0 Å². The molecule has 1 saturated carbocycles. The number of hydrogen-bond donors (Lipinski definition) is 2. The summed E-state index contributed by atoms with van der Waals surface area (Å²) < 4.78 is 0. The molecule has 106 valence electrons. The summed E-state index contributed by atoms with van der Waals surface area (Å²) in [6.07, 6.45) is 9.44. The zero-order valence-corrected chi connectivity index (χ0v) is 12.1. The third-order valence-corrected chi connectivity index (χ3v) is 3.91. The van der Waals surface area contributed by atoms with Crippen LogP contribution in [0.15, 0.2) is 0 Å². The van der Waals surface area contributed by atoms with Gasteiger partial charge < -0.3 is 11.1 Å². The van der Waals surface area contributed by atoms with Crippen LogP contribution in [0.25, 0.3) is 0 Å². The fourth-order valence-electron chi connectivity index (χ4n) is 2.89. The van der Waals surface area contributed by atoms with E-state index in [1.165, 1.54) is 32.1 Å². The van der Waals surface area contributed by atoms with Crippen LogP contribution in [0, 0.1) is 11.8 Å². The molecule has 0 aliphatic heterocycles. The molecule has 3 heteroatoms. The van der Waals surface area contributed by atoms with E-state index in [0.29, 0.717) is 18.9 Å². The van der Waals surface area contributed by atoms with Gasteiger partial charge in [-0.05, 0) is 24.7 Å². The molecule has 0 aromatic carbocycles. The molecule has 3 nitrogen and oxygen atoms in total. The van der Waals surface area contributed by atoms with Crippen LogP contribution in [0.5, 0.6) is 0 Å². The molecule has 1 amide bonds. The maximum absolute atomic E-state index is 11.9. The molecule has 0 aromatic rings. The van der Waals surface area contributed by atoms with Crippen molar-refractivity contribution in [2.24, 2.45) is 17.6 Å². The minimum absolute atomic E-state index is 0.156. The molecule has 0 aromatic heterocycles. The van der Waals surface area contributed by atoms with Crippen LogP contribution in [0.3, 0.4) is 0 Å². The standard InChI is InChI=1S/C15H30N2O/c1-12(2)10-14(11-16)17-15(18)9-8-13-6-4-3-5-7-13/h12-14H,3-11,16H2,1-2H3,(H,17,18). The Bertz CT molecular complexity index is 235. The van der Waals surface area contributed by atoms with Gasteiger partial charge in [0.1, 0.15) is 0 Å². The van der Waals surface area contributed by atoms with Gasteiger partial charge in [-0.2, -0.15) is 0 Å². The first-order valence-electron chi connectivity index (χ1n) is 7.61. The second-order valence-electron chi connectivity index (χ2n) is 6.17. The number of amides is 1. The lowest BCUT2D eigenvalue weighted by molar-refractivity contribution is -0.122. The zero-order valence-electron chi connectivity index (χ0n) is 12.1. The molecule has 1 atom stereocenters. The molecule has 18 heavy (non-hydrogen) atoms. The number of carbonyl (C=O) groups is 1. The molecular weight excluding hydrogens is 224 g/mol. The molecule has 0 radical (unpaired) electrons. The zero-order chi connectivity index (χ0) is 13.4. The molecule has 1 aliphatic rings. The van der Waals surface area contributed by atoms with Crippen LogP contribution < -0.4 is 11.1 Å². The second-order valence-corrected chi connectivity index (χ2v) is 6.17. The lowest BCUT2D eigenvalue weighted by Crippen LogP contribution is -2.41. The van der Waals surface area contributed by atoms with Crippen molar-refractivity contribution in [3.05, 3.63) is 0 Å². The number of nitrogens with two attached hydrogens (primary N) is 1. The minimum atomic E-state index is 0.156. The Morgan fingerprint density at radius 3 is 2.50 bits per heavy atom. The van der Waals surface area contributed by atoms with Crippen molar-refractivity contribution >= 4 is 5.91 Å². The molecule has 0 spiro atoms. The highest BCUT2D eigenvalue weighted by Gasteiger charge is 2.16. The van der Waals surface area contributed by atoms with E-state index in [4.69, 9.17) is 5.73 Å². The van der Waals surface area contributed by atoms with Gasteiger partial charge in [0.15, 0.2) is 0 Å². The molecule has 3 N–H and O–H groups in total. The van der Waals surface area contributed by atoms with E-state index in [9.17, 15) is 4.79 Å². The van der Waals surface area contributed by atoms with Gasteiger partial charge in [-0.1, -0.05) is 46.0 Å². The monoisotopic (exact) mass is 254 g/mol. The maximum Gasteiger partial charge on any atom is 0.220 e. The van der Waals surface area contributed by atoms with Gasteiger partial charge >= 0.3 is 0 Å². The third-order valence-electron chi connectivity index (χ3n) is 3.91. The lowest BCUT2D eigenvalue weighted by Gasteiger charge is -2.22. The quantitative estimate of drug-likeness (QED) is 0.734. The average molecular weight is 254 g/mol. The summed E-state index contributed by atoms with van der Waals surface area (Å²) in [5.74, 6) is 1.56. The Morgan fingerprint density at radius 1 is 1.28 bits per heavy atom. The highest BCUT2D eigenvalue weighted by Crippen LogP contribution is 2.27. The van der Waals surface area contributed by atoms with Crippen LogP contribution >= 0.6 is 0 Å². The lowest BCUT2D eigenvalue weighted by atomic mass is 9.86. The fraction of sp³-hybridized carbons (Fsp3) is 0.933. The molecular formula is C15H30N2O. The first-order valence-corrected chi connectivity index (χ1v) is 7.61. The maximum atomic E-state index is 11.9. The summed E-state index contributed by atoms with van der Waals surface area (Å²) in [4.78, 5) is 11.9. The van der Waals surface area contributed by atoms with Gasteiger partial charge in [0.25, 0.3) is 0 Å². The predicted octanol–water partition coefficient (Wildman–Crippen LogP) is 2.84. The minimum Gasteiger partial charge on any atom is -0.352 e. The van der Waals surface area contributed by atoms with E-state index in [1.54, 1.807) is 0 Å². The SMILES string of the molecule is CC(C)CC(CN)NC(=O)CCC1CCCCC1. The Labute approximate surface area is 112 Å². The van der Waals surface area contributed by atoms with E-state index >= 15 is 0 Å². The number of rotatable bonds is 7. The van der Waals surface area contributed by atoms with E-state index in [1.807, 2.05) is 0 Å². The summed E-state index contributed by atoms with van der Waals surface area (Å²) in [6.45, 7) is 4.88. The van der Waals surface area contributed by atoms with Crippen molar-refractivity contribution < 1.29 is 4.79 Å². The van der Waals surface area contributed by atoms with Crippen LogP contribution in [0.4, 0.5) is 0 Å². The average Bonchev–Trinajstić information content (AvgIpc) is 2.36. The van der Waals surface area contributed by atoms with Gasteiger partial charge in [-0.15, -0.1) is 0 Å². The first-order chi connectivity index (χ1) is 8.61. The van der Waals surface area contributed by atoms with E-state index in [-0.39, 0.29) is 11.9 Å². The normalized spacial score (nSPS) is 18.9. The molecule has 0 bridgehead atoms. The smallest absolute Gasteiger partial charge is 0.220 e. The molecule has 0 saturated heterocycles. The molecule has 1 unspecified atom stereocenters. The van der Waals surface area contributed by atoms with Crippen molar-refractivity contribution in [3.8, 4) is 0 Å². The van der Waals surface area contributed by atoms with E-state index in [2.05, 4.69) is 19.2 Å². The largest absolute Gasteiger partial charge is 0.352 e. The number of carbonyl (C=O) groups excluding carboxylic acids is 1. The van der Waals surface area contributed by atoms with Crippen LogP contribution in [0.2, 0.25) is 0 Å². The predicted molar refractivity (Wildman–Crippen MR) is 76.2 cm³/mol. The first kappa shape index (κ1) is 15.5. The summed E-state index contributed by atoms with van der Waals surface area (Å²) >= 11 is 0. The van der Waals surface area contributed by atoms with Crippen LogP contribution in [-0.2, 0) is 4.79 Å². The Hall–Kier alpha value is -0.570. The Kier molecular flexibility index (Phi) is 7.33. The Morgan fingerprint density at radius 2 is 1.94 bits per heavy atom. The summed E-state index contributed by atoms with van der Waals surface area (Å²) in [5, 5.41) is 3.07. The van der Waals surface area contributed by atoms with E-state index < -0.39 is 0 Å². The van der Waals surface area contributed by atoms with Crippen LogP contribution in [0.1, 0.15) is 65.2 Å². The molecule has 0 heterocycles. The Balaban J connectivity index is 2.18. The van der Waals surface area contributed by atoms with Gasteiger partial charge in [0.2, 0.25) is 5.91 Å². The fourth-order valence-corrected chi connectivity index (χ4v) is 2.89. The van der Waals surface area contributed by atoms with E-state index in [0.717, 1.165) is 18.8 Å². The van der Waals surface area contributed by atoms with Gasteiger partial charge in [0.05, 0.1) is 0 Å². The number of nitrogens with one attached hydrogen (secondary N) is 1. The second kappa shape index (κ2) is 8.52. The third kappa shape index (κ3) is 6.39. The van der Waals surface area contributed by atoms with Gasteiger partial charge in [0, 0.05) is 19.0 Å². The topological polar surface area (TPSA) is 55.1 Å².